The van der Waals surface area contributed by atoms with Gasteiger partial charge in [0.1, 0.15) is 0 Å². The van der Waals surface area contributed by atoms with Gasteiger partial charge in [0, 0.05) is 12.0 Å². The maximum Gasteiger partial charge on any atom is 0.310 e. The Labute approximate surface area is 124 Å². The van der Waals surface area contributed by atoms with Gasteiger partial charge >= 0.3 is 5.97 Å². The van der Waals surface area contributed by atoms with Gasteiger partial charge in [-0.3, -0.25) is 9.69 Å². The fraction of sp³-hybridized carbons (Fsp3) is 0.786. The number of carboxylic acid groups (broad SMARTS) is 1. The first-order valence-electron chi connectivity index (χ1n) is 7.40. The van der Waals surface area contributed by atoms with Crippen LogP contribution in [0.5, 0.6) is 0 Å². The Bertz CT molecular complexity index is 475. The number of aliphatic carboxylic acids is 1. The lowest BCUT2D eigenvalue weighted by atomic mass is 10.0. The van der Waals surface area contributed by atoms with Crippen LogP contribution in [-0.2, 0) is 16.1 Å². The van der Waals surface area contributed by atoms with Crippen molar-refractivity contribution >= 4 is 5.97 Å². The van der Waals surface area contributed by atoms with E-state index in [1.165, 1.54) is 0 Å². The first-order chi connectivity index (χ1) is 10.0. The normalized spacial score (nSPS) is 22.3. The van der Waals surface area contributed by atoms with Crippen LogP contribution in [0.1, 0.15) is 44.8 Å². The number of rotatable bonds is 7. The Kier molecular flexibility index (Phi) is 5.30. The average molecular weight is 297 g/mol. The van der Waals surface area contributed by atoms with Gasteiger partial charge in [0.15, 0.2) is 5.82 Å². The van der Waals surface area contributed by atoms with Crippen LogP contribution in [0.15, 0.2) is 4.52 Å². The summed E-state index contributed by atoms with van der Waals surface area (Å²) in [7, 11) is 0. The van der Waals surface area contributed by atoms with Gasteiger partial charge in [0.25, 0.3) is 0 Å². The van der Waals surface area contributed by atoms with Gasteiger partial charge in [0.05, 0.1) is 25.7 Å². The monoisotopic (exact) mass is 297 g/mol. The van der Waals surface area contributed by atoms with Gasteiger partial charge in [-0.05, 0) is 13.0 Å². The van der Waals surface area contributed by atoms with E-state index in [0.717, 1.165) is 13.0 Å². The minimum absolute atomic E-state index is 0.142. The van der Waals surface area contributed by atoms with E-state index in [1.54, 1.807) is 0 Å². The number of aromatic nitrogens is 2. The van der Waals surface area contributed by atoms with Crippen LogP contribution in [0.25, 0.3) is 0 Å². The quantitative estimate of drug-likeness (QED) is 0.815. The second kappa shape index (κ2) is 7.00. The molecular formula is C14H23N3O4. The lowest BCUT2D eigenvalue weighted by molar-refractivity contribution is -0.143. The molecule has 1 fully saturated rings. The molecule has 1 N–H and O–H groups in total. The van der Waals surface area contributed by atoms with E-state index in [9.17, 15) is 9.90 Å². The minimum Gasteiger partial charge on any atom is -0.481 e. The molecule has 0 spiro atoms. The van der Waals surface area contributed by atoms with Crippen molar-refractivity contribution in [3.05, 3.63) is 11.7 Å². The molecule has 2 rings (SSSR count). The van der Waals surface area contributed by atoms with Crippen molar-refractivity contribution in [2.24, 2.45) is 5.92 Å². The van der Waals surface area contributed by atoms with Gasteiger partial charge in [-0.25, -0.2) is 0 Å². The number of hydrogen-bond donors (Lipinski definition) is 1. The van der Waals surface area contributed by atoms with E-state index in [0.29, 0.717) is 24.9 Å². The Morgan fingerprint density at radius 1 is 1.48 bits per heavy atom. The molecule has 2 unspecified atom stereocenters. The predicted molar refractivity (Wildman–Crippen MR) is 74.8 cm³/mol. The number of nitrogens with zero attached hydrogens (tertiary/aromatic N) is 3. The van der Waals surface area contributed by atoms with Crippen molar-refractivity contribution in [2.45, 2.75) is 45.7 Å². The Morgan fingerprint density at radius 3 is 2.81 bits per heavy atom. The summed E-state index contributed by atoms with van der Waals surface area (Å²) in [6.45, 7) is 8.01. The van der Waals surface area contributed by atoms with Crippen LogP contribution in [0.3, 0.4) is 0 Å². The lowest BCUT2D eigenvalue weighted by Gasteiger charge is -2.28. The minimum atomic E-state index is -0.813. The molecule has 7 heteroatoms. The second-order valence-corrected chi connectivity index (χ2v) is 5.72. The Balaban J connectivity index is 2.09. The first-order valence-corrected chi connectivity index (χ1v) is 7.40. The first kappa shape index (κ1) is 15.9. The fourth-order valence-corrected chi connectivity index (χ4v) is 2.53. The van der Waals surface area contributed by atoms with Crippen LogP contribution in [-0.4, -0.2) is 51.9 Å². The maximum absolute atomic E-state index is 11.3. The molecule has 1 aromatic heterocycles. The summed E-state index contributed by atoms with van der Waals surface area (Å²) in [6, 6.07) is -0.142. The molecule has 1 saturated heterocycles. The highest BCUT2D eigenvalue weighted by atomic mass is 16.5. The molecule has 2 heterocycles. The number of hydrogen-bond acceptors (Lipinski definition) is 6. The van der Waals surface area contributed by atoms with Gasteiger partial charge in [-0.15, -0.1) is 0 Å². The second-order valence-electron chi connectivity index (χ2n) is 5.72. The molecule has 0 aromatic carbocycles. The van der Waals surface area contributed by atoms with Crippen LogP contribution in [0.2, 0.25) is 0 Å². The van der Waals surface area contributed by atoms with E-state index in [2.05, 4.69) is 22.0 Å². The molecule has 0 aliphatic carbocycles. The van der Waals surface area contributed by atoms with Crippen LogP contribution in [0.4, 0.5) is 0 Å². The van der Waals surface area contributed by atoms with Crippen molar-refractivity contribution in [3.63, 3.8) is 0 Å². The standard InChI is InChI=1S/C14H23N3O4/c1-4-5-17(11-8-20-7-10(11)14(18)19)6-12-15-13(9(2)3)16-21-12/h9-11H,4-8H2,1-3H3,(H,18,19). The topological polar surface area (TPSA) is 88.7 Å². The highest BCUT2D eigenvalue weighted by Crippen LogP contribution is 2.22. The lowest BCUT2D eigenvalue weighted by Crippen LogP contribution is -2.43. The predicted octanol–water partition coefficient (Wildman–Crippen LogP) is 1.50. The third-order valence-corrected chi connectivity index (χ3v) is 3.69. The summed E-state index contributed by atoms with van der Waals surface area (Å²) in [4.78, 5) is 17.7. The summed E-state index contributed by atoms with van der Waals surface area (Å²) in [5, 5.41) is 13.2. The summed E-state index contributed by atoms with van der Waals surface area (Å²) >= 11 is 0. The van der Waals surface area contributed by atoms with Crippen LogP contribution in [0, 0.1) is 5.92 Å². The fourth-order valence-electron chi connectivity index (χ4n) is 2.53. The van der Waals surface area contributed by atoms with Crippen molar-refractivity contribution in [2.75, 3.05) is 19.8 Å². The molecule has 2 atom stereocenters. The summed E-state index contributed by atoms with van der Waals surface area (Å²) < 4.78 is 10.6. The number of carboxylic acids is 1. The molecule has 1 aliphatic heterocycles. The van der Waals surface area contributed by atoms with Crippen LogP contribution >= 0.6 is 0 Å². The number of ether oxygens (including phenoxy) is 1. The SMILES string of the molecule is CCCN(Cc1nc(C(C)C)no1)C1COCC1C(=O)O. The number of carbonyl (C=O) groups is 1. The molecule has 7 nitrogen and oxygen atoms in total. The summed E-state index contributed by atoms with van der Waals surface area (Å²) in [6.07, 6.45) is 0.925. The highest BCUT2D eigenvalue weighted by molar-refractivity contribution is 5.71. The van der Waals surface area contributed by atoms with Gasteiger partial charge in [-0.2, -0.15) is 4.98 Å². The zero-order valence-corrected chi connectivity index (χ0v) is 12.8. The molecule has 0 amide bonds. The average Bonchev–Trinajstić information content (AvgIpc) is 3.07. The Morgan fingerprint density at radius 2 is 2.24 bits per heavy atom. The maximum atomic E-state index is 11.3. The summed E-state index contributed by atoms with van der Waals surface area (Å²) in [5.74, 6) is 0.113. The zero-order valence-electron chi connectivity index (χ0n) is 12.8. The van der Waals surface area contributed by atoms with Crippen molar-refractivity contribution < 1.29 is 19.2 Å². The van der Waals surface area contributed by atoms with Crippen LogP contribution < -0.4 is 0 Å². The van der Waals surface area contributed by atoms with Crippen molar-refractivity contribution in [3.8, 4) is 0 Å². The van der Waals surface area contributed by atoms with E-state index < -0.39 is 11.9 Å². The molecule has 1 aromatic rings. The van der Waals surface area contributed by atoms with E-state index in [-0.39, 0.29) is 18.6 Å². The van der Waals surface area contributed by atoms with E-state index in [4.69, 9.17) is 9.26 Å². The zero-order chi connectivity index (χ0) is 15.4. The third kappa shape index (κ3) is 3.79. The van der Waals surface area contributed by atoms with Gasteiger partial charge in [-0.1, -0.05) is 25.9 Å². The Hall–Kier alpha value is -1.47. The highest BCUT2D eigenvalue weighted by Gasteiger charge is 2.38. The molecule has 0 saturated carbocycles. The van der Waals surface area contributed by atoms with Crippen molar-refractivity contribution in [1.82, 2.24) is 15.0 Å². The van der Waals surface area contributed by atoms with E-state index >= 15 is 0 Å². The third-order valence-electron chi connectivity index (χ3n) is 3.69. The molecule has 1 aliphatic rings. The smallest absolute Gasteiger partial charge is 0.310 e. The molecule has 21 heavy (non-hydrogen) atoms. The molecule has 0 bridgehead atoms. The molecular weight excluding hydrogens is 274 g/mol. The van der Waals surface area contributed by atoms with Gasteiger partial charge in [0.2, 0.25) is 5.89 Å². The van der Waals surface area contributed by atoms with Crippen molar-refractivity contribution in [1.29, 1.82) is 0 Å². The largest absolute Gasteiger partial charge is 0.481 e. The summed E-state index contributed by atoms with van der Waals surface area (Å²) in [5.41, 5.74) is 0. The molecule has 118 valence electrons. The van der Waals surface area contributed by atoms with Gasteiger partial charge < -0.3 is 14.4 Å². The van der Waals surface area contributed by atoms with E-state index in [1.807, 2.05) is 13.8 Å². The molecule has 0 radical (unpaired) electrons.